The Bertz CT molecular complexity index is 1250. The SMILES string of the molecule is COCc1cc(-c2ccccc2)c(-c2nc(-c3cccc(C(=O)Cl)c3)no2)c(C)c1Cl. The van der Waals surface area contributed by atoms with E-state index >= 15 is 0 Å². The molecule has 0 N–H and O–H groups in total. The Kier molecular flexibility index (Phi) is 6.18. The number of rotatable bonds is 6. The second-order valence-corrected chi connectivity index (χ2v) is 7.70. The summed E-state index contributed by atoms with van der Waals surface area (Å²) in [6.07, 6.45) is 0. The molecule has 3 aromatic carbocycles. The number of hydrogen-bond donors (Lipinski definition) is 0. The first kappa shape index (κ1) is 21.2. The summed E-state index contributed by atoms with van der Waals surface area (Å²) in [4.78, 5) is 16.1. The predicted molar refractivity (Wildman–Crippen MR) is 121 cm³/mol. The standard InChI is InChI=1S/C24H18Cl2N2O3/c1-14-20(19(15-7-4-3-5-8-15)12-18(13-30-2)21(14)25)24-27-23(28-31-24)17-10-6-9-16(11-17)22(26)29/h3-12H,13H2,1-2H3. The van der Waals surface area contributed by atoms with Gasteiger partial charge in [-0.3, -0.25) is 4.79 Å². The van der Waals surface area contributed by atoms with Gasteiger partial charge in [-0.05, 0) is 52.9 Å². The Labute approximate surface area is 189 Å². The summed E-state index contributed by atoms with van der Waals surface area (Å²) in [5.74, 6) is 0.685. The number of carbonyl (C=O) groups excluding carboxylic acids is 1. The van der Waals surface area contributed by atoms with Crippen molar-refractivity contribution in [1.82, 2.24) is 10.1 Å². The van der Waals surface area contributed by atoms with Crippen molar-refractivity contribution >= 4 is 28.4 Å². The van der Waals surface area contributed by atoms with E-state index in [1.54, 1.807) is 31.4 Å². The van der Waals surface area contributed by atoms with Crippen LogP contribution in [0.1, 0.15) is 21.5 Å². The fourth-order valence-electron chi connectivity index (χ4n) is 3.47. The number of ether oxygens (including phenoxy) is 1. The molecule has 0 fully saturated rings. The molecule has 31 heavy (non-hydrogen) atoms. The van der Waals surface area contributed by atoms with Crippen molar-refractivity contribution in [3.63, 3.8) is 0 Å². The molecule has 1 aromatic heterocycles. The monoisotopic (exact) mass is 452 g/mol. The number of nitrogens with zero attached hydrogens (tertiary/aromatic N) is 2. The molecule has 0 atom stereocenters. The van der Waals surface area contributed by atoms with Crippen LogP contribution in [0.3, 0.4) is 0 Å². The van der Waals surface area contributed by atoms with Crippen LogP contribution in [-0.2, 0) is 11.3 Å². The van der Waals surface area contributed by atoms with Gasteiger partial charge >= 0.3 is 0 Å². The van der Waals surface area contributed by atoms with E-state index in [9.17, 15) is 4.79 Å². The molecule has 5 nitrogen and oxygen atoms in total. The fraction of sp³-hybridized carbons (Fsp3) is 0.125. The van der Waals surface area contributed by atoms with Gasteiger partial charge in [0, 0.05) is 23.3 Å². The van der Waals surface area contributed by atoms with Crippen molar-refractivity contribution in [3.05, 3.63) is 82.4 Å². The van der Waals surface area contributed by atoms with Crippen LogP contribution < -0.4 is 0 Å². The molecule has 0 aliphatic carbocycles. The van der Waals surface area contributed by atoms with Crippen LogP contribution in [0.5, 0.6) is 0 Å². The van der Waals surface area contributed by atoms with Crippen molar-refractivity contribution in [2.45, 2.75) is 13.5 Å². The number of methoxy groups -OCH3 is 1. The van der Waals surface area contributed by atoms with E-state index in [1.807, 2.05) is 43.3 Å². The minimum Gasteiger partial charge on any atom is -0.380 e. The van der Waals surface area contributed by atoms with Gasteiger partial charge in [0.25, 0.3) is 11.1 Å². The molecule has 0 aliphatic rings. The molecule has 0 spiro atoms. The third-order valence-electron chi connectivity index (χ3n) is 4.95. The highest BCUT2D eigenvalue weighted by molar-refractivity contribution is 6.67. The van der Waals surface area contributed by atoms with Gasteiger partial charge in [-0.25, -0.2) is 0 Å². The van der Waals surface area contributed by atoms with Crippen molar-refractivity contribution < 1.29 is 14.1 Å². The zero-order valence-corrected chi connectivity index (χ0v) is 18.4. The molecule has 0 radical (unpaired) electrons. The average molecular weight is 453 g/mol. The van der Waals surface area contributed by atoms with Crippen LogP contribution in [-0.4, -0.2) is 22.5 Å². The Balaban J connectivity index is 1.88. The lowest BCUT2D eigenvalue weighted by Crippen LogP contribution is -1.98. The molecule has 0 saturated heterocycles. The minimum atomic E-state index is -0.548. The van der Waals surface area contributed by atoms with Gasteiger partial charge < -0.3 is 9.26 Å². The molecule has 156 valence electrons. The second kappa shape index (κ2) is 9.02. The van der Waals surface area contributed by atoms with E-state index in [0.29, 0.717) is 34.5 Å². The maximum absolute atomic E-state index is 11.5. The number of halogens is 2. The first-order chi connectivity index (χ1) is 15.0. The summed E-state index contributed by atoms with van der Waals surface area (Å²) in [6.45, 7) is 2.30. The smallest absolute Gasteiger partial charge is 0.259 e. The first-order valence-corrected chi connectivity index (χ1v) is 10.3. The van der Waals surface area contributed by atoms with Gasteiger partial charge in [-0.2, -0.15) is 4.98 Å². The van der Waals surface area contributed by atoms with Gasteiger partial charge in [0.15, 0.2) is 0 Å². The highest BCUT2D eigenvalue weighted by Crippen LogP contribution is 2.40. The maximum atomic E-state index is 11.5. The molecule has 0 unspecified atom stereocenters. The van der Waals surface area contributed by atoms with Crippen LogP contribution in [0.15, 0.2) is 65.2 Å². The molecular weight excluding hydrogens is 435 g/mol. The summed E-state index contributed by atoms with van der Waals surface area (Å²) in [7, 11) is 1.63. The summed E-state index contributed by atoms with van der Waals surface area (Å²) >= 11 is 12.2. The molecule has 7 heteroatoms. The second-order valence-electron chi connectivity index (χ2n) is 6.97. The molecule has 0 amide bonds. The van der Waals surface area contributed by atoms with Crippen molar-refractivity contribution in [3.8, 4) is 34.0 Å². The fourth-order valence-corrected chi connectivity index (χ4v) is 3.79. The Morgan fingerprint density at radius 3 is 2.52 bits per heavy atom. The largest absolute Gasteiger partial charge is 0.380 e. The van der Waals surface area contributed by atoms with Crippen LogP contribution in [0.4, 0.5) is 0 Å². The van der Waals surface area contributed by atoms with Crippen LogP contribution >= 0.6 is 23.2 Å². The molecule has 1 heterocycles. The number of benzene rings is 3. The lowest BCUT2D eigenvalue weighted by Gasteiger charge is -2.15. The topological polar surface area (TPSA) is 65.2 Å². The molecule has 4 rings (SSSR count). The molecule has 4 aromatic rings. The molecular formula is C24H18Cl2N2O3. The van der Waals surface area contributed by atoms with Crippen LogP contribution in [0.2, 0.25) is 5.02 Å². The van der Waals surface area contributed by atoms with E-state index in [4.69, 9.17) is 32.5 Å². The van der Waals surface area contributed by atoms with Crippen molar-refractivity contribution in [2.75, 3.05) is 7.11 Å². The lowest BCUT2D eigenvalue weighted by atomic mass is 9.93. The molecule has 0 bridgehead atoms. The highest BCUT2D eigenvalue weighted by Gasteiger charge is 2.22. The third-order valence-corrected chi connectivity index (χ3v) is 5.69. The normalized spacial score (nSPS) is 11.0. The Morgan fingerprint density at radius 1 is 1.06 bits per heavy atom. The van der Waals surface area contributed by atoms with E-state index in [1.165, 1.54) is 0 Å². The minimum absolute atomic E-state index is 0.333. The first-order valence-electron chi connectivity index (χ1n) is 9.50. The van der Waals surface area contributed by atoms with E-state index in [-0.39, 0.29) is 0 Å². The zero-order valence-electron chi connectivity index (χ0n) is 16.9. The quantitative estimate of drug-likeness (QED) is 0.310. The van der Waals surface area contributed by atoms with E-state index in [2.05, 4.69) is 10.1 Å². The number of carbonyl (C=O) groups is 1. The maximum Gasteiger partial charge on any atom is 0.259 e. The van der Waals surface area contributed by atoms with E-state index in [0.717, 1.165) is 27.8 Å². The average Bonchev–Trinajstić information content (AvgIpc) is 3.27. The predicted octanol–water partition coefficient (Wildman–Crippen LogP) is 6.56. The van der Waals surface area contributed by atoms with Crippen LogP contribution in [0.25, 0.3) is 34.0 Å². The zero-order chi connectivity index (χ0) is 22.0. The highest BCUT2D eigenvalue weighted by atomic mass is 35.5. The van der Waals surface area contributed by atoms with Gasteiger partial charge in [0.2, 0.25) is 5.82 Å². The number of aromatic nitrogens is 2. The number of hydrogen-bond acceptors (Lipinski definition) is 5. The van der Waals surface area contributed by atoms with Gasteiger partial charge in [0.1, 0.15) is 0 Å². The van der Waals surface area contributed by atoms with Gasteiger partial charge in [0.05, 0.1) is 12.2 Å². The Hall–Kier alpha value is -2.99. The van der Waals surface area contributed by atoms with Crippen LogP contribution in [0, 0.1) is 6.92 Å². The van der Waals surface area contributed by atoms with Crippen molar-refractivity contribution in [1.29, 1.82) is 0 Å². The summed E-state index contributed by atoms with van der Waals surface area (Å²) < 4.78 is 11.0. The van der Waals surface area contributed by atoms with Gasteiger partial charge in [-0.1, -0.05) is 65.3 Å². The summed E-state index contributed by atoms with van der Waals surface area (Å²) in [6, 6.07) is 18.7. The van der Waals surface area contributed by atoms with E-state index < -0.39 is 5.24 Å². The van der Waals surface area contributed by atoms with Crippen molar-refractivity contribution in [2.24, 2.45) is 0 Å². The molecule has 0 aliphatic heterocycles. The summed E-state index contributed by atoms with van der Waals surface area (Å²) in [5, 5.41) is 4.16. The third kappa shape index (κ3) is 4.26. The lowest BCUT2D eigenvalue weighted by molar-refractivity contribution is 0.108. The Morgan fingerprint density at radius 2 is 1.81 bits per heavy atom. The summed E-state index contributed by atoms with van der Waals surface area (Å²) in [5.41, 5.74) is 5.33. The van der Waals surface area contributed by atoms with Gasteiger partial charge in [-0.15, -0.1) is 0 Å². The molecule has 0 saturated carbocycles.